The van der Waals surface area contributed by atoms with Gasteiger partial charge in [-0.15, -0.1) is 11.3 Å². The molecular weight excluding hydrogens is 286 g/mol. The predicted octanol–water partition coefficient (Wildman–Crippen LogP) is 2.71. The molecule has 2 N–H and O–H groups in total. The number of anilines is 1. The number of amides is 1. The molecule has 0 saturated carbocycles. The lowest BCUT2D eigenvalue weighted by atomic mass is 10.3. The summed E-state index contributed by atoms with van der Waals surface area (Å²) in [6.07, 6.45) is 0. The van der Waals surface area contributed by atoms with Crippen molar-refractivity contribution >= 4 is 28.6 Å². The number of hydrogen-bond donors (Lipinski definition) is 2. The Kier molecular flexibility index (Phi) is 5.34. The third kappa shape index (κ3) is 4.61. The van der Waals surface area contributed by atoms with E-state index in [1.165, 1.54) is 0 Å². The molecule has 0 aliphatic heterocycles. The molecule has 1 amide bonds. The maximum atomic E-state index is 11.7. The summed E-state index contributed by atoms with van der Waals surface area (Å²) in [6, 6.07) is 11.3. The third-order valence-corrected chi connectivity index (χ3v) is 3.75. The molecule has 6 heteroatoms. The summed E-state index contributed by atoms with van der Waals surface area (Å²) in [4.78, 5) is 12.8. The van der Waals surface area contributed by atoms with Crippen molar-refractivity contribution in [2.45, 2.75) is 6.92 Å². The van der Waals surface area contributed by atoms with Crippen LogP contribution in [-0.2, 0) is 4.79 Å². The van der Waals surface area contributed by atoms with Crippen LogP contribution in [0.2, 0.25) is 0 Å². The summed E-state index contributed by atoms with van der Waals surface area (Å²) in [5, 5.41) is 9.07. The third-order valence-electron chi connectivity index (χ3n) is 2.77. The highest BCUT2D eigenvalue weighted by atomic mass is 32.1. The van der Waals surface area contributed by atoms with Crippen LogP contribution < -0.4 is 15.5 Å². The Morgan fingerprint density at radius 2 is 2.05 bits per heavy atom. The van der Waals surface area contributed by atoms with Crippen molar-refractivity contribution in [3.8, 4) is 5.75 Å². The number of benzene rings is 1. The van der Waals surface area contributed by atoms with Gasteiger partial charge in [-0.25, -0.2) is 5.43 Å². The molecule has 110 valence electrons. The molecular formula is C15H17N3O2S. The molecule has 0 aliphatic rings. The Morgan fingerprint density at radius 3 is 2.67 bits per heavy atom. The van der Waals surface area contributed by atoms with E-state index < -0.39 is 0 Å². The molecule has 5 nitrogen and oxygen atoms in total. The molecule has 0 fully saturated rings. The smallest absolute Gasteiger partial charge is 0.259 e. The van der Waals surface area contributed by atoms with Crippen molar-refractivity contribution < 1.29 is 9.53 Å². The fraction of sp³-hybridized carbons (Fsp3) is 0.200. The van der Waals surface area contributed by atoms with Crippen LogP contribution in [0.1, 0.15) is 11.8 Å². The second kappa shape index (κ2) is 7.44. The van der Waals surface area contributed by atoms with Gasteiger partial charge in [0.15, 0.2) is 0 Å². The van der Waals surface area contributed by atoms with Gasteiger partial charge in [0.1, 0.15) is 5.75 Å². The number of carbonyl (C=O) groups excluding carboxylic acids is 1. The van der Waals surface area contributed by atoms with Gasteiger partial charge in [-0.3, -0.25) is 4.79 Å². The quantitative estimate of drug-likeness (QED) is 0.637. The number of nitrogens with one attached hydrogen (secondary N) is 2. The van der Waals surface area contributed by atoms with Crippen LogP contribution in [0, 0.1) is 0 Å². The zero-order chi connectivity index (χ0) is 15.1. The molecule has 0 spiro atoms. The molecule has 1 aromatic heterocycles. The topological polar surface area (TPSA) is 62.7 Å². The van der Waals surface area contributed by atoms with Gasteiger partial charge >= 0.3 is 0 Å². The van der Waals surface area contributed by atoms with Crippen molar-refractivity contribution in [2.24, 2.45) is 5.10 Å². The average molecular weight is 303 g/mol. The second-order valence-corrected chi connectivity index (χ2v) is 5.24. The van der Waals surface area contributed by atoms with E-state index >= 15 is 0 Å². The normalized spacial score (nSPS) is 11.0. The number of ether oxygens (including phenoxy) is 1. The van der Waals surface area contributed by atoms with Crippen molar-refractivity contribution in [2.75, 3.05) is 19.0 Å². The van der Waals surface area contributed by atoms with E-state index in [9.17, 15) is 4.79 Å². The number of nitrogens with zero attached hydrogens (tertiary/aromatic N) is 1. The van der Waals surface area contributed by atoms with Crippen molar-refractivity contribution in [3.63, 3.8) is 0 Å². The number of hydrazone groups is 1. The first-order valence-electron chi connectivity index (χ1n) is 6.44. The van der Waals surface area contributed by atoms with E-state index in [4.69, 9.17) is 4.74 Å². The van der Waals surface area contributed by atoms with E-state index in [1.54, 1.807) is 18.4 Å². The van der Waals surface area contributed by atoms with Gasteiger partial charge < -0.3 is 10.1 Å². The first kappa shape index (κ1) is 15.1. The Balaban J connectivity index is 1.80. The second-order valence-electron chi connectivity index (χ2n) is 4.29. The lowest BCUT2D eigenvalue weighted by molar-refractivity contribution is -0.119. The Hall–Kier alpha value is -2.34. The Bertz CT molecular complexity index is 606. The minimum absolute atomic E-state index is 0.160. The molecule has 0 unspecified atom stereocenters. The minimum atomic E-state index is -0.193. The van der Waals surface area contributed by atoms with E-state index in [0.29, 0.717) is 0 Å². The summed E-state index contributed by atoms with van der Waals surface area (Å²) >= 11 is 1.59. The van der Waals surface area contributed by atoms with E-state index in [1.807, 2.05) is 48.7 Å². The molecule has 0 saturated heterocycles. The zero-order valence-electron chi connectivity index (χ0n) is 11.9. The van der Waals surface area contributed by atoms with Gasteiger partial charge in [-0.1, -0.05) is 6.07 Å². The molecule has 21 heavy (non-hydrogen) atoms. The average Bonchev–Trinajstić information content (AvgIpc) is 3.05. The van der Waals surface area contributed by atoms with Crippen LogP contribution in [0.4, 0.5) is 5.69 Å². The number of carbonyl (C=O) groups is 1. The van der Waals surface area contributed by atoms with Gasteiger partial charge in [-0.2, -0.15) is 5.10 Å². The zero-order valence-corrected chi connectivity index (χ0v) is 12.7. The lowest BCUT2D eigenvalue weighted by Crippen LogP contribution is -2.26. The maximum absolute atomic E-state index is 11.7. The fourth-order valence-electron chi connectivity index (χ4n) is 1.62. The number of methoxy groups -OCH3 is 1. The van der Waals surface area contributed by atoms with Crippen LogP contribution in [0.5, 0.6) is 5.75 Å². The molecule has 1 heterocycles. The first-order valence-corrected chi connectivity index (χ1v) is 7.32. The summed E-state index contributed by atoms with van der Waals surface area (Å²) < 4.78 is 5.07. The largest absolute Gasteiger partial charge is 0.497 e. The van der Waals surface area contributed by atoms with E-state index in [0.717, 1.165) is 22.0 Å². The standard InChI is InChI=1S/C15H17N3O2S/c1-11(14-4-3-9-21-14)17-18-15(19)10-16-12-5-7-13(20-2)8-6-12/h3-9,16H,10H2,1-2H3,(H,18,19)/b17-11+. The molecule has 1 aromatic carbocycles. The Morgan fingerprint density at radius 1 is 1.29 bits per heavy atom. The molecule has 2 aromatic rings. The molecule has 2 rings (SSSR count). The summed E-state index contributed by atoms with van der Waals surface area (Å²) in [6.45, 7) is 2.02. The number of thiophene rings is 1. The summed E-state index contributed by atoms with van der Waals surface area (Å²) in [5.74, 6) is 0.586. The van der Waals surface area contributed by atoms with E-state index in [-0.39, 0.29) is 12.5 Å². The molecule has 0 atom stereocenters. The van der Waals surface area contributed by atoms with E-state index in [2.05, 4.69) is 15.8 Å². The van der Waals surface area contributed by atoms with Crippen LogP contribution in [0.25, 0.3) is 0 Å². The number of rotatable bonds is 6. The van der Waals surface area contributed by atoms with Gasteiger partial charge in [0.25, 0.3) is 5.91 Å². The highest BCUT2D eigenvalue weighted by Gasteiger charge is 2.02. The van der Waals surface area contributed by atoms with Crippen LogP contribution >= 0.6 is 11.3 Å². The minimum Gasteiger partial charge on any atom is -0.497 e. The van der Waals surface area contributed by atoms with Crippen LogP contribution in [0.15, 0.2) is 46.9 Å². The predicted molar refractivity (Wildman–Crippen MR) is 86.2 cm³/mol. The molecule has 0 aliphatic carbocycles. The molecule has 0 bridgehead atoms. The van der Waals surface area contributed by atoms with Crippen molar-refractivity contribution in [3.05, 3.63) is 46.7 Å². The summed E-state index contributed by atoms with van der Waals surface area (Å²) in [5.41, 5.74) is 4.18. The highest BCUT2D eigenvalue weighted by Crippen LogP contribution is 2.14. The van der Waals surface area contributed by atoms with Crippen molar-refractivity contribution in [1.82, 2.24) is 5.43 Å². The first-order chi connectivity index (χ1) is 10.2. The maximum Gasteiger partial charge on any atom is 0.259 e. The fourth-order valence-corrected chi connectivity index (χ4v) is 2.29. The van der Waals surface area contributed by atoms with Gasteiger partial charge in [-0.05, 0) is 42.6 Å². The molecule has 0 radical (unpaired) electrons. The lowest BCUT2D eigenvalue weighted by Gasteiger charge is -2.06. The van der Waals surface area contributed by atoms with Gasteiger partial charge in [0.05, 0.1) is 19.4 Å². The monoisotopic (exact) mass is 303 g/mol. The van der Waals surface area contributed by atoms with Crippen LogP contribution in [0.3, 0.4) is 0 Å². The van der Waals surface area contributed by atoms with Crippen molar-refractivity contribution in [1.29, 1.82) is 0 Å². The number of hydrogen-bond acceptors (Lipinski definition) is 5. The Labute approximate surface area is 127 Å². The van der Waals surface area contributed by atoms with Gasteiger partial charge in [0.2, 0.25) is 0 Å². The van der Waals surface area contributed by atoms with Crippen LogP contribution in [-0.4, -0.2) is 25.3 Å². The summed E-state index contributed by atoms with van der Waals surface area (Å²) in [7, 11) is 1.61. The van der Waals surface area contributed by atoms with Gasteiger partial charge in [0, 0.05) is 10.6 Å². The SMILES string of the molecule is COc1ccc(NCC(=O)N/N=C(\C)c2cccs2)cc1. The highest BCUT2D eigenvalue weighted by molar-refractivity contribution is 7.12.